The van der Waals surface area contributed by atoms with E-state index in [2.05, 4.69) is 15.0 Å². The van der Waals surface area contributed by atoms with Gasteiger partial charge in [0.2, 0.25) is 0 Å². The van der Waals surface area contributed by atoms with Crippen LogP contribution in [0.4, 0.5) is 23.2 Å². The van der Waals surface area contributed by atoms with Crippen molar-refractivity contribution in [2.24, 2.45) is 10.7 Å². The van der Waals surface area contributed by atoms with Gasteiger partial charge in [-0.25, -0.2) is 4.39 Å². The van der Waals surface area contributed by atoms with E-state index in [9.17, 15) is 22.7 Å². The molecule has 0 aliphatic heterocycles. The molecule has 2 aromatic carbocycles. The van der Waals surface area contributed by atoms with Gasteiger partial charge in [0.25, 0.3) is 0 Å². The average molecular weight is 485 g/mol. The van der Waals surface area contributed by atoms with Crippen LogP contribution < -0.4 is 15.8 Å². The number of guanidine groups is 1. The number of nitrogens with zero attached hydrogens (tertiary/aromatic N) is 1. The van der Waals surface area contributed by atoms with Gasteiger partial charge in [0.15, 0.2) is 11.7 Å². The molecule has 0 amide bonds. The molecule has 0 fully saturated rings. The minimum atomic E-state index is -4.86. The summed E-state index contributed by atoms with van der Waals surface area (Å²) in [5, 5.41) is 12.4. The molecule has 0 heterocycles. The summed E-state index contributed by atoms with van der Waals surface area (Å²) in [6.45, 7) is -0.276. The fraction of sp³-hybridized carbons (Fsp3) is 0.188. The summed E-state index contributed by atoms with van der Waals surface area (Å²) < 4.78 is 54.5. The van der Waals surface area contributed by atoms with Gasteiger partial charge in [-0.2, -0.15) is 0 Å². The molecule has 5 nitrogen and oxygen atoms in total. The Bertz CT molecular complexity index is 756. The predicted molar refractivity (Wildman–Crippen MR) is 100 cm³/mol. The number of alkyl halides is 3. The molecule has 0 spiro atoms. The Balaban J connectivity index is 0.00000338. The molecule has 0 aromatic heterocycles. The first kappa shape index (κ1) is 22.0. The van der Waals surface area contributed by atoms with Crippen molar-refractivity contribution in [3.05, 3.63) is 59.9 Å². The molecule has 0 aliphatic rings. The molecule has 1 atom stereocenters. The van der Waals surface area contributed by atoms with Crippen LogP contribution in [0, 0.1) is 5.82 Å². The van der Waals surface area contributed by atoms with E-state index in [1.54, 1.807) is 6.07 Å². The Labute approximate surface area is 163 Å². The van der Waals surface area contributed by atoms with Gasteiger partial charge in [-0.1, -0.05) is 30.3 Å². The van der Waals surface area contributed by atoms with E-state index in [0.29, 0.717) is 0 Å². The van der Waals surface area contributed by atoms with Crippen LogP contribution in [0.3, 0.4) is 0 Å². The molecule has 26 heavy (non-hydrogen) atoms. The van der Waals surface area contributed by atoms with E-state index >= 15 is 0 Å². The second-order valence-corrected chi connectivity index (χ2v) is 4.93. The Kier molecular flexibility index (Phi) is 8.08. The summed E-state index contributed by atoms with van der Waals surface area (Å²) in [6.07, 6.45) is -6.10. The van der Waals surface area contributed by atoms with Gasteiger partial charge in [-0.05, 0) is 18.2 Å². The lowest BCUT2D eigenvalue weighted by atomic mass is 10.1. The summed E-state index contributed by atoms with van der Waals surface area (Å²) in [5.41, 5.74) is 5.59. The number of aliphatic imine (C=N–C) groups is 1. The number of rotatable bonds is 5. The standard InChI is InChI=1S/C16H15F4N3O2.HI/c17-11-6-2-1-5-10(11)13(24)9-22-15(21)23-12-7-3-4-8-14(12)25-16(18,19)20;/h1-8,13,24H,9H2,(H3,21,22,23);1H. The van der Waals surface area contributed by atoms with Gasteiger partial charge in [0.05, 0.1) is 12.2 Å². The molecule has 0 aliphatic carbocycles. The SMILES string of the molecule is I.NC(=NCC(O)c1ccccc1F)Nc1ccccc1OC(F)(F)F. The number of nitrogens with one attached hydrogen (secondary N) is 1. The van der Waals surface area contributed by atoms with Gasteiger partial charge < -0.3 is 20.9 Å². The van der Waals surface area contributed by atoms with Crippen LogP contribution in [0.5, 0.6) is 5.75 Å². The van der Waals surface area contributed by atoms with Crippen LogP contribution in [0.1, 0.15) is 11.7 Å². The van der Waals surface area contributed by atoms with E-state index in [-0.39, 0.29) is 47.7 Å². The lowest BCUT2D eigenvalue weighted by molar-refractivity contribution is -0.274. The van der Waals surface area contributed by atoms with Gasteiger partial charge in [-0.15, -0.1) is 37.1 Å². The topological polar surface area (TPSA) is 79.9 Å². The summed E-state index contributed by atoms with van der Waals surface area (Å²) in [5.74, 6) is -1.34. The zero-order valence-electron chi connectivity index (χ0n) is 13.2. The molecule has 2 aromatic rings. The highest BCUT2D eigenvalue weighted by atomic mass is 127. The Morgan fingerprint density at radius 1 is 1.15 bits per heavy atom. The van der Waals surface area contributed by atoms with Crippen LogP contribution in [-0.4, -0.2) is 24.0 Å². The van der Waals surface area contributed by atoms with Crippen LogP contribution in [-0.2, 0) is 0 Å². The van der Waals surface area contributed by atoms with E-state index in [1.165, 1.54) is 36.4 Å². The number of hydrogen-bond acceptors (Lipinski definition) is 3. The highest BCUT2D eigenvalue weighted by Gasteiger charge is 2.32. The third-order valence-electron chi connectivity index (χ3n) is 3.07. The van der Waals surface area contributed by atoms with Crippen molar-refractivity contribution in [2.75, 3.05) is 11.9 Å². The molecule has 0 saturated carbocycles. The van der Waals surface area contributed by atoms with Crippen LogP contribution in [0.15, 0.2) is 53.5 Å². The lowest BCUT2D eigenvalue weighted by Gasteiger charge is -2.14. The zero-order valence-corrected chi connectivity index (χ0v) is 15.5. The van der Waals surface area contributed by atoms with Crippen molar-refractivity contribution in [1.82, 2.24) is 0 Å². The van der Waals surface area contributed by atoms with E-state index < -0.39 is 24.0 Å². The Hall–Kier alpha value is -2.08. The monoisotopic (exact) mass is 485 g/mol. The summed E-state index contributed by atoms with van der Waals surface area (Å²) in [6, 6.07) is 10.9. The van der Waals surface area contributed by atoms with E-state index in [4.69, 9.17) is 5.73 Å². The first-order valence-electron chi connectivity index (χ1n) is 7.10. The fourth-order valence-corrected chi connectivity index (χ4v) is 1.99. The molecule has 2 rings (SSSR count). The molecular weight excluding hydrogens is 469 g/mol. The van der Waals surface area contributed by atoms with Crippen LogP contribution in [0.2, 0.25) is 0 Å². The first-order valence-corrected chi connectivity index (χ1v) is 7.10. The number of benzene rings is 2. The smallest absolute Gasteiger partial charge is 0.404 e. The minimum absolute atomic E-state index is 0. The number of aliphatic hydroxyl groups is 1. The second-order valence-electron chi connectivity index (χ2n) is 4.93. The maximum Gasteiger partial charge on any atom is 0.573 e. The van der Waals surface area contributed by atoms with Gasteiger partial charge >= 0.3 is 6.36 Å². The number of hydrogen-bond donors (Lipinski definition) is 3. The number of aliphatic hydroxyl groups excluding tert-OH is 1. The minimum Gasteiger partial charge on any atom is -0.404 e. The molecule has 142 valence electrons. The van der Waals surface area contributed by atoms with Crippen LogP contribution in [0.25, 0.3) is 0 Å². The van der Waals surface area contributed by atoms with Crippen molar-refractivity contribution in [1.29, 1.82) is 0 Å². The van der Waals surface area contributed by atoms with E-state index in [1.807, 2.05) is 0 Å². The molecular formula is C16H16F4IN3O2. The summed E-state index contributed by atoms with van der Waals surface area (Å²) in [7, 11) is 0. The number of ether oxygens (including phenoxy) is 1. The Morgan fingerprint density at radius 3 is 2.42 bits per heavy atom. The first-order chi connectivity index (χ1) is 11.8. The summed E-state index contributed by atoms with van der Waals surface area (Å²) >= 11 is 0. The highest BCUT2D eigenvalue weighted by molar-refractivity contribution is 14.0. The van der Waals surface area contributed by atoms with Crippen molar-refractivity contribution < 1.29 is 27.4 Å². The highest BCUT2D eigenvalue weighted by Crippen LogP contribution is 2.29. The largest absolute Gasteiger partial charge is 0.573 e. The van der Waals surface area contributed by atoms with Gasteiger partial charge in [-0.3, -0.25) is 4.99 Å². The zero-order chi connectivity index (χ0) is 18.4. The number of anilines is 1. The molecule has 4 N–H and O–H groups in total. The number of para-hydroxylation sites is 2. The molecule has 1 unspecified atom stereocenters. The fourth-order valence-electron chi connectivity index (χ4n) is 1.99. The van der Waals surface area contributed by atoms with Crippen molar-refractivity contribution in [2.45, 2.75) is 12.5 Å². The van der Waals surface area contributed by atoms with Crippen molar-refractivity contribution in [3.63, 3.8) is 0 Å². The number of halogens is 5. The van der Waals surface area contributed by atoms with E-state index in [0.717, 1.165) is 6.07 Å². The summed E-state index contributed by atoms with van der Waals surface area (Å²) in [4.78, 5) is 3.80. The van der Waals surface area contributed by atoms with Crippen molar-refractivity contribution >= 4 is 35.6 Å². The third-order valence-corrected chi connectivity index (χ3v) is 3.07. The second kappa shape index (κ2) is 9.57. The normalized spacial score (nSPS) is 12.9. The quantitative estimate of drug-likeness (QED) is 0.261. The van der Waals surface area contributed by atoms with Gasteiger partial charge in [0.1, 0.15) is 11.9 Å². The molecule has 0 saturated heterocycles. The van der Waals surface area contributed by atoms with Crippen molar-refractivity contribution in [3.8, 4) is 5.75 Å². The molecule has 0 radical (unpaired) electrons. The predicted octanol–water partition coefficient (Wildman–Crippen LogP) is 3.80. The Morgan fingerprint density at radius 2 is 1.77 bits per heavy atom. The average Bonchev–Trinajstić information content (AvgIpc) is 2.53. The molecule has 0 bridgehead atoms. The number of nitrogens with two attached hydrogens (primary N) is 1. The molecule has 10 heteroatoms. The maximum atomic E-state index is 13.5. The lowest BCUT2D eigenvalue weighted by Crippen LogP contribution is -2.25. The maximum absolute atomic E-state index is 13.5. The third kappa shape index (κ3) is 6.67. The van der Waals surface area contributed by atoms with Gasteiger partial charge in [0, 0.05) is 5.56 Å². The van der Waals surface area contributed by atoms with Crippen LogP contribution >= 0.6 is 24.0 Å².